The van der Waals surface area contributed by atoms with Crippen molar-refractivity contribution in [1.82, 2.24) is 14.5 Å². The third-order valence-electron chi connectivity index (χ3n) is 6.18. The third-order valence-corrected chi connectivity index (χ3v) is 8.22. The second-order valence-corrected chi connectivity index (χ2v) is 10.0. The van der Waals surface area contributed by atoms with Crippen molar-refractivity contribution in [1.29, 1.82) is 0 Å². The van der Waals surface area contributed by atoms with Gasteiger partial charge in [0.15, 0.2) is 0 Å². The van der Waals surface area contributed by atoms with Crippen molar-refractivity contribution in [3.63, 3.8) is 0 Å². The molecule has 3 heterocycles. The van der Waals surface area contributed by atoms with Crippen LogP contribution < -0.4 is 5.32 Å². The minimum atomic E-state index is -3.54. The molecule has 4 rings (SSSR count). The Morgan fingerprint density at radius 2 is 1.78 bits per heavy atom. The van der Waals surface area contributed by atoms with Gasteiger partial charge in [0.1, 0.15) is 0 Å². The number of benzene rings is 1. The first-order valence-electron chi connectivity index (χ1n) is 10.1. The van der Waals surface area contributed by atoms with E-state index in [1.807, 2.05) is 4.90 Å². The Morgan fingerprint density at radius 1 is 1.04 bits per heavy atom. The van der Waals surface area contributed by atoms with Crippen LogP contribution in [-0.2, 0) is 10.0 Å². The van der Waals surface area contributed by atoms with Crippen LogP contribution in [0, 0.1) is 6.92 Å². The number of hydrogen-bond acceptors (Lipinski definition) is 4. The highest BCUT2D eigenvalue weighted by molar-refractivity contribution is 7.89. The minimum Gasteiger partial charge on any atom is -0.337 e. The van der Waals surface area contributed by atoms with Gasteiger partial charge in [-0.05, 0) is 56.7 Å². The van der Waals surface area contributed by atoms with Gasteiger partial charge < -0.3 is 10.2 Å². The Morgan fingerprint density at radius 3 is 2.56 bits per heavy atom. The zero-order valence-electron chi connectivity index (χ0n) is 16.0. The average Bonchev–Trinajstić information content (AvgIpc) is 3.01. The number of amides is 1. The summed E-state index contributed by atoms with van der Waals surface area (Å²) in [5.74, 6) is -0.0561. The maximum atomic E-state index is 13.1. The Hall–Kier alpha value is -1.44. The molecule has 3 aliphatic rings. The van der Waals surface area contributed by atoms with Gasteiger partial charge in [-0.2, -0.15) is 4.31 Å². The predicted octanol–water partition coefficient (Wildman–Crippen LogP) is 2.14. The second kappa shape index (κ2) is 7.53. The van der Waals surface area contributed by atoms with E-state index in [9.17, 15) is 13.2 Å². The van der Waals surface area contributed by atoms with E-state index in [-0.39, 0.29) is 10.8 Å². The van der Waals surface area contributed by atoms with Gasteiger partial charge in [0.25, 0.3) is 5.91 Å². The Bertz CT molecular complexity index is 818. The van der Waals surface area contributed by atoms with Crippen molar-refractivity contribution >= 4 is 15.9 Å². The molecule has 3 aliphatic heterocycles. The highest BCUT2D eigenvalue weighted by Gasteiger charge is 2.32. The molecule has 0 spiro atoms. The van der Waals surface area contributed by atoms with Gasteiger partial charge in [0.2, 0.25) is 10.0 Å². The average molecular weight is 392 g/mol. The first-order chi connectivity index (χ1) is 12.9. The van der Waals surface area contributed by atoms with Gasteiger partial charge in [-0.15, -0.1) is 0 Å². The van der Waals surface area contributed by atoms with E-state index in [1.165, 1.54) is 6.42 Å². The number of carbonyl (C=O) groups excluding carboxylic acids is 1. The molecule has 0 aliphatic carbocycles. The zero-order chi connectivity index (χ0) is 19.0. The molecule has 0 aromatic heterocycles. The number of piperidine rings is 1. The van der Waals surface area contributed by atoms with Gasteiger partial charge in [-0.3, -0.25) is 4.79 Å². The van der Waals surface area contributed by atoms with Gasteiger partial charge in [0.05, 0.1) is 4.90 Å². The summed E-state index contributed by atoms with van der Waals surface area (Å²) in [5, 5.41) is 3.58. The summed E-state index contributed by atoms with van der Waals surface area (Å²) in [6.07, 6.45) is 6.15. The summed E-state index contributed by atoms with van der Waals surface area (Å²) in [5.41, 5.74) is 1.18. The van der Waals surface area contributed by atoms with Crippen molar-refractivity contribution in [2.75, 3.05) is 26.2 Å². The topological polar surface area (TPSA) is 69.7 Å². The predicted molar refractivity (Wildman–Crippen MR) is 104 cm³/mol. The lowest BCUT2D eigenvalue weighted by Crippen LogP contribution is -2.39. The summed E-state index contributed by atoms with van der Waals surface area (Å²) in [6, 6.07) is 6.01. The van der Waals surface area contributed by atoms with Crippen molar-refractivity contribution in [2.24, 2.45) is 0 Å². The van der Waals surface area contributed by atoms with E-state index < -0.39 is 10.0 Å². The summed E-state index contributed by atoms with van der Waals surface area (Å²) in [6.45, 7) is 4.38. The Labute approximate surface area is 162 Å². The number of fused-ring (bicyclic) bond motifs is 2. The van der Waals surface area contributed by atoms with Crippen LogP contribution in [0.2, 0.25) is 0 Å². The first kappa shape index (κ1) is 18.9. The van der Waals surface area contributed by atoms with Crippen LogP contribution in [0.15, 0.2) is 23.1 Å². The normalized spacial score (nSPS) is 26.8. The smallest absolute Gasteiger partial charge is 0.253 e. The molecule has 148 valence electrons. The molecule has 6 nitrogen and oxygen atoms in total. The van der Waals surface area contributed by atoms with E-state index in [2.05, 4.69) is 5.32 Å². The molecule has 1 amide bonds. The summed E-state index contributed by atoms with van der Waals surface area (Å²) >= 11 is 0. The van der Waals surface area contributed by atoms with Crippen LogP contribution in [0.5, 0.6) is 0 Å². The molecule has 1 N–H and O–H groups in total. The molecule has 27 heavy (non-hydrogen) atoms. The molecule has 1 aromatic rings. The summed E-state index contributed by atoms with van der Waals surface area (Å²) in [7, 11) is -3.54. The standard InChI is InChI=1S/C20H29N3O3S/c1-15-5-6-16(13-19(15)27(25,26)23-10-3-2-4-11-23)20(24)22-12-9-17-7-8-18(14-22)21-17/h5-6,13,17-18,21H,2-4,7-12,14H2,1H3. The first-order valence-corrected chi connectivity index (χ1v) is 11.6. The van der Waals surface area contributed by atoms with Crippen LogP contribution in [0.25, 0.3) is 0 Å². The third kappa shape index (κ3) is 3.77. The fourth-order valence-electron chi connectivity index (χ4n) is 4.57. The SMILES string of the molecule is Cc1ccc(C(=O)N2CCC3CCC(C2)N3)cc1S(=O)(=O)N1CCCCC1. The lowest BCUT2D eigenvalue weighted by molar-refractivity contribution is 0.0748. The fourth-order valence-corrected chi connectivity index (χ4v) is 6.33. The lowest BCUT2D eigenvalue weighted by atomic mass is 10.1. The van der Waals surface area contributed by atoms with Crippen molar-refractivity contribution in [2.45, 2.75) is 62.4 Å². The second-order valence-electron chi connectivity index (χ2n) is 8.12. The number of nitrogens with zero attached hydrogens (tertiary/aromatic N) is 2. The molecule has 2 atom stereocenters. The van der Waals surface area contributed by atoms with Crippen molar-refractivity contribution in [3.05, 3.63) is 29.3 Å². The largest absolute Gasteiger partial charge is 0.337 e. The molecular weight excluding hydrogens is 362 g/mol. The molecule has 0 radical (unpaired) electrons. The van der Waals surface area contributed by atoms with Crippen LogP contribution in [0.1, 0.15) is 54.4 Å². The maximum absolute atomic E-state index is 13.1. The van der Waals surface area contributed by atoms with E-state index in [4.69, 9.17) is 0 Å². The van der Waals surface area contributed by atoms with Crippen LogP contribution in [-0.4, -0.2) is 61.8 Å². The van der Waals surface area contributed by atoms with E-state index in [1.54, 1.807) is 29.4 Å². The zero-order valence-corrected chi connectivity index (χ0v) is 16.8. The van der Waals surface area contributed by atoms with Gasteiger partial charge >= 0.3 is 0 Å². The number of nitrogens with one attached hydrogen (secondary N) is 1. The van der Waals surface area contributed by atoms with E-state index >= 15 is 0 Å². The quantitative estimate of drug-likeness (QED) is 0.857. The molecular formula is C20H29N3O3S. The highest BCUT2D eigenvalue weighted by Crippen LogP contribution is 2.26. The number of hydrogen-bond donors (Lipinski definition) is 1. The number of carbonyl (C=O) groups is 1. The van der Waals surface area contributed by atoms with Gasteiger partial charge in [-0.25, -0.2) is 8.42 Å². The van der Waals surface area contributed by atoms with Gasteiger partial charge in [0, 0.05) is 43.8 Å². The van der Waals surface area contributed by atoms with E-state index in [0.29, 0.717) is 42.8 Å². The Balaban J connectivity index is 1.59. The van der Waals surface area contributed by atoms with Gasteiger partial charge in [-0.1, -0.05) is 12.5 Å². The molecule has 0 saturated carbocycles. The number of likely N-dealkylation sites (tertiary alicyclic amines) is 1. The highest BCUT2D eigenvalue weighted by atomic mass is 32.2. The monoisotopic (exact) mass is 391 g/mol. The maximum Gasteiger partial charge on any atom is 0.253 e. The lowest BCUT2D eigenvalue weighted by Gasteiger charge is -2.27. The van der Waals surface area contributed by atoms with E-state index in [0.717, 1.165) is 38.6 Å². The number of sulfonamides is 1. The minimum absolute atomic E-state index is 0.0561. The molecule has 2 bridgehead atoms. The van der Waals surface area contributed by atoms with Crippen molar-refractivity contribution < 1.29 is 13.2 Å². The molecule has 3 saturated heterocycles. The van der Waals surface area contributed by atoms with Crippen molar-refractivity contribution in [3.8, 4) is 0 Å². The summed E-state index contributed by atoms with van der Waals surface area (Å²) in [4.78, 5) is 15.3. The fraction of sp³-hybridized carbons (Fsp3) is 0.650. The Kier molecular flexibility index (Phi) is 5.27. The van der Waals surface area contributed by atoms with Crippen LogP contribution in [0.3, 0.4) is 0 Å². The molecule has 3 fully saturated rings. The van der Waals surface area contributed by atoms with Crippen LogP contribution >= 0.6 is 0 Å². The van der Waals surface area contributed by atoms with Crippen LogP contribution in [0.4, 0.5) is 0 Å². The molecule has 7 heteroatoms. The number of aryl methyl sites for hydroxylation is 1. The summed E-state index contributed by atoms with van der Waals surface area (Å²) < 4.78 is 27.8. The number of rotatable bonds is 3. The molecule has 1 aromatic carbocycles. The molecule has 2 unspecified atom stereocenters.